The normalized spacial score (nSPS) is 46.8. The highest BCUT2D eigenvalue weighted by Crippen LogP contribution is 2.67. The predicted molar refractivity (Wildman–Crippen MR) is 161 cm³/mol. The van der Waals surface area contributed by atoms with Crippen LogP contribution in [-0.2, 0) is 14.3 Å². The lowest BCUT2D eigenvalue weighted by atomic mass is 9.46. The Hall–Kier alpha value is -1.21. The second-order valence-corrected chi connectivity index (χ2v) is 15.7. The molecule has 5 aliphatic rings. The molecule has 1 aliphatic heterocycles. The van der Waals surface area contributed by atoms with Crippen molar-refractivity contribution >= 4 is 5.78 Å². The maximum atomic E-state index is 12.2. The molecule has 1 saturated heterocycles. The highest BCUT2D eigenvalue weighted by Gasteiger charge is 2.62. The summed E-state index contributed by atoms with van der Waals surface area (Å²) in [6, 6.07) is 0. The van der Waals surface area contributed by atoms with E-state index in [0.29, 0.717) is 6.42 Å². The van der Waals surface area contributed by atoms with Crippen LogP contribution in [0.15, 0.2) is 23.8 Å². The topological polar surface area (TPSA) is 177 Å². The third kappa shape index (κ3) is 5.56. The highest BCUT2D eigenvalue weighted by atomic mass is 16.7. The quantitative estimate of drug-likeness (QED) is 0.211. The van der Waals surface area contributed by atoms with Crippen molar-refractivity contribution in [2.45, 2.75) is 134 Å². The Balaban J connectivity index is 1.43. The lowest BCUT2D eigenvalue weighted by molar-refractivity contribution is -0.320. The van der Waals surface area contributed by atoms with Crippen LogP contribution in [0.2, 0.25) is 0 Å². The number of ketones is 1. The summed E-state index contributed by atoms with van der Waals surface area (Å²) in [4.78, 5) is 12.2. The van der Waals surface area contributed by atoms with Crippen molar-refractivity contribution in [1.29, 1.82) is 0 Å². The lowest BCUT2D eigenvalue weighted by Crippen LogP contribution is -2.61. The molecule has 0 aromatic rings. The zero-order valence-corrected chi connectivity index (χ0v) is 27.0. The Morgan fingerprint density at radius 3 is 2.34 bits per heavy atom. The largest absolute Gasteiger partial charge is 0.394 e. The van der Waals surface area contributed by atoms with Crippen molar-refractivity contribution in [3.63, 3.8) is 0 Å². The second-order valence-electron chi connectivity index (χ2n) is 15.7. The molecule has 0 spiro atoms. The average molecular weight is 623 g/mol. The minimum absolute atomic E-state index is 0.00363. The molecule has 1 heterocycles. The summed E-state index contributed by atoms with van der Waals surface area (Å²) < 4.78 is 12.1. The van der Waals surface area contributed by atoms with E-state index in [1.165, 1.54) is 13.8 Å². The summed E-state index contributed by atoms with van der Waals surface area (Å²) >= 11 is 0. The number of ether oxygens (including phenoxy) is 2. The molecule has 4 aliphatic carbocycles. The first-order valence-electron chi connectivity index (χ1n) is 16.4. The predicted octanol–water partition coefficient (Wildman–Crippen LogP) is 1.61. The van der Waals surface area contributed by atoms with Gasteiger partial charge in [0.15, 0.2) is 12.1 Å². The van der Waals surface area contributed by atoms with Gasteiger partial charge in [0, 0.05) is 11.8 Å². The standard InChI is InChI=1S/C34H54O10/c1-17(24(15-34(6,42)31(2,3)41)43-30-29(40)28(39)27(38)25(16-35)44-30)20-7-8-21-26-22(10-12-33(20,21)5)32(4)11-9-19(36)13-18(32)14-23(26)37/h9,11,13,17,20-30,35,37-42H,7-8,10,12,14-16H2,1-6H3/t17-,20+,21-,22-,23?,24?,25+,26-,27+,28-,29+,30+,32-,33+,34+/m0/s1. The van der Waals surface area contributed by atoms with Crippen LogP contribution in [-0.4, -0.2) is 102 Å². The highest BCUT2D eigenvalue weighted by molar-refractivity contribution is 6.01. The number of fused-ring (bicyclic) bond motifs is 5. The minimum atomic E-state index is -1.60. The Bertz CT molecular complexity index is 1140. The van der Waals surface area contributed by atoms with E-state index in [4.69, 9.17) is 9.47 Å². The van der Waals surface area contributed by atoms with Crippen LogP contribution in [0.3, 0.4) is 0 Å². The molecule has 0 bridgehead atoms. The molecule has 250 valence electrons. The van der Waals surface area contributed by atoms with Crippen molar-refractivity contribution in [3.05, 3.63) is 23.8 Å². The molecule has 2 unspecified atom stereocenters. The first-order valence-corrected chi connectivity index (χ1v) is 16.4. The first kappa shape index (κ1) is 34.1. The number of carbonyl (C=O) groups excluding carboxylic acids is 1. The van der Waals surface area contributed by atoms with Gasteiger partial charge in [-0.05, 0) is 100 Å². The van der Waals surface area contributed by atoms with E-state index in [0.717, 1.165) is 31.3 Å². The van der Waals surface area contributed by atoms with Crippen molar-refractivity contribution in [1.82, 2.24) is 0 Å². The van der Waals surface area contributed by atoms with Gasteiger partial charge in [-0.15, -0.1) is 0 Å². The zero-order chi connectivity index (χ0) is 32.6. The van der Waals surface area contributed by atoms with E-state index in [2.05, 4.69) is 26.8 Å². The SMILES string of the molecule is C[C@H](C(C[C@@](C)(O)C(C)(C)O)O[C@@H]1O[C@H](CO)[C@@H](O)[C@H](O)[C@H]1O)[C@H]1CC[C@H]2[C@@H]3C(O)CC4=CC(=O)C=C[C@]4(C)[C@H]3CC[C@]12C. The van der Waals surface area contributed by atoms with Crippen molar-refractivity contribution < 1.29 is 50.0 Å². The molecule has 3 saturated carbocycles. The van der Waals surface area contributed by atoms with Crippen molar-refractivity contribution in [3.8, 4) is 0 Å². The van der Waals surface area contributed by atoms with Gasteiger partial charge >= 0.3 is 0 Å². The summed E-state index contributed by atoms with van der Waals surface area (Å²) in [5, 5.41) is 75.0. The molecule has 0 amide bonds. The molecule has 0 aromatic heterocycles. The molecule has 10 nitrogen and oxygen atoms in total. The molecule has 0 aromatic carbocycles. The molecular weight excluding hydrogens is 568 g/mol. The molecule has 7 N–H and O–H groups in total. The van der Waals surface area contributed by atoms with Crippen LogP contribution in [0.4, 0.5) is 0 Å². The van der Waals surface area contributed by atoms with Crippen LogP contribution >= 0.6 is 0 Å². The Morgan fingerprint density at radius 1 is 1.02 bits per heavy atom. The number of carbonyl (C=O) groups is 1. The molecule has 44 heavy (non-hydrogen) atoms. The fourth-order valence-corrected chi connectivity index (χ4v) is 9.69. The smallest absolute Gasteiger partial charge is 0.186 e. The Kier molecular flexibility index (Phi) is 9.15. The van der Waals surface area contributed by atoms with Crippen molar-refractivity contribution in [2.75, 3.05) is 6.61 Å². The van der Waals surface area contributed by atoms with Gasteiger partial charge in [-0.1, -0.05) is 32.4 Å². The monoisotopic (exact) mass is 622 g/mol. The molecule has 5 rings (SSSR count). The third-order valence-electron chi connectivity index (χ3n) is 12.9. The van der Waals surface area contributed by atoms with Crippen LogP contribution < -0.4 is 0 Å². The maximum absolute atomic E-state index is 12.2. The number of aliphatic hydroxyl groups excluding tert-OH is 5. The van der Waals surface area contributed by atoms with E-state index in [9.17, 15) is 40.5 Å². The molecule has 10 heteroatoms. The van der Waals surface area contributed by atoms with E-state index >= 15 is 0 Å². The molecule has 15 atom stereocenters. The summed E-state index contributed by atoms with van der Waals surface area (Å²) in [5.41, 5.74) is -2.47. The van der Waals surface area contributed by atoms with Gasteiger partial charge in [0.05, 0.1) is 30.0 Å². The van der Waals surface area contributed by atoms with Gasteiger partial charge in [-0.3, -0.25) is 4.79 Å². The maximum Gasteiger partial charge on any atom is 0.186 e. The summed E-state index contributed by atoms with van der Waals surface area (Å²) in [6.07, 6.45) is 1.01. The zero-order valence-electron chi connectivity index (χ0n) is 27.0. The van der Waals surface area contributed by atoms with Gasteiger partial charge in [0.25, 0.3) is 0 Å². The van der Waals surface area contributed by atoms with E-state index in [-0.39, 0.29) is 52.6 Å². The van der Waals surface area contributed by atoms with Gasteiger partial charge in [0.1, 0.15) is 24.4 Å². The number of rotatable bonds is 8. The summed E-state index contributed by atoms with van der Waals surface area (Å²) in [7, 11) is 0. The molecule has 0 radical (unpaired) electrons. The van der Waals surface area contributed by atoms with Gasteiger partial charge in [-0.25, -0.2) is 0 Å². The fourth-order valence-electron chi connectivity index (χ4n) is 9.69. The Labute approximate surface area is 260 Å². The molecule has 4 fully saturated rings. The fraction of sp³-hybridized carbons (Fsp3) is 0.853. The van der Waals surface area contributed by atoms with E-state index in [1.807, 2.05) is 0 Å². The molecular formula is C34H54O10. The number of hydrogen-bond acceptors (Lipinski definition) is 10. The van der Waals surface area contributed by atoms with Crippen LogP contribution in [0.5, 0.6) is 0 Å². The second kappa shape index (κ2) is 11.8. The van der Waals surface area contributed by atoms with Crippen LogP contribution in [0.25, 0.3) is 0 Å². The minimum Gasteiger partial charge on any atom is -0.394 e. The average Bonchev–Trinajstić information content (AvgIpc) is 3.29. The van der Waals surface area contributed by atoms with Crippen LogP contribution in [0, 0.1) is 40.4 Å². The van der Waals surface area contributed by atoms with E-state index < -0.39 is 60.7 Å². The van der Waals surface area contributed by atoms with Gasteiger partial charge < -0.3 is 45.2 Å². The van der Waals surface area contributed by atoms with Gasteiger partial charge in [-0.2, -0.15) is 0 Å². The third-order valence-corrected chi connectivity index (χ3v) is 12.9. The summed E-state index contributed by atoms with van der Waals surface area (Å²) in [5.74, 6) is 0.408. The Morgan fingerprint density at radius 2 is 1.70 bits per heavy atom. The number of allylic oxidation sites excluding steroid dienone is 3. The van der Waals surface area contributed by atoms with E-state index in [1.54, 1.807) is 19.1 Å². The van der Waals surface area contributed by atoms with Crippen LogP contribution in [0.1, 0.15) is 80.1 Å². The number of hydrogen-bond donors (Lipinski definition) is 7. The van der Waals surface area contributed by atoms with Gasteiger partial charge in [0.2, 0.25) is 0 Å². The first-order chi connectivity index (χ1) is 20.4. The number of aliphatic hydroxyl groups is 7. The lowest BCUT2D eigenvalue weighted by Gasteiger charge is -2.59. The van der Waals surface area contributed by atoms with Crippen molar-refractivity contribution in [2.24, 2.45) is 40.4 Å². The summed E-state index contributed by atoms with van der Waals surface area (Å²) in [6.45, 7) is 10.6.